The summed E-state index contributed by atoms with van der Waals surface area (Å²) in [5.41, 5.74) is 3.08. The van der Waals surface area contributed by atoms with E-state index >= 15 is 0 Å². The molecule has 1 nitrogen and oxygen atoms in total. The van der Waals surface area contributed by atoms with Gasteiger partial charge in [0.1, 0.15) is 10.0 Å². The van der Waals surface area contributed by atoms with Gasteiger partial charge in [0.15, 0.2) is 0 Å². The Morgan fingerprint density at radius 3 is 2.50 bits per heavy atom. The molecule has 2 aromatic carbocycles. The Hall–Kier alpha value is -0.830. The van der Waals surface area contributed by atoms with Crippen LogP contribution < -0.4 is 0 Å². The number of fused-ring (bicyclic) bond motifs is 1. The van der Waals surface area contributed by atoms with E-state index in [-0.39, 0.29) is 0 Å². The molecule has 102 valence electrons. The summed E-state index contributed by atoms with van der Waals surface area (Å²) in [6, 6.07) is 16.0. The Morgan fingerprint density at radius 1 is 1.05 bits per heavy atom. The molecule has 0 aromatic heterocycles. The molecule has 0 radical (unpaired) electrons. The number of para-hydroxylation sites is 1. The van der Waals surface area contributed by atoms with E-state index in [1.165, 1.54) is 5.56 Å². The van der Waals surface area contributed by atoms with Crippen LogP contribution in [0.15, 0.2) is 58.0 Å². The lowest BCUT2D eigenvalue weighted by Crippen LogP contribution is -2.26. The minimum absolute atomic E-state index is 0.437. The normalized spacial score (nSPS) is 21.9. The zero-order valence-electron chi connectivity index (χ0n) is 10.6. The SMILES string of the molecule is ClC1=Nc2ccccc2CCC1(Cl)c1ccc(Br)cc1. The Morgan fingerprint density at radius 2 is 1.75 bits per heavy atom. The molecule has 1 unspecified atom stereocenters. The van der Waals surface area contributed by atoms with Crippen LogP contribution in [0.1, 0.15) is 17.5 Å². The first kappa shape index (κ1) is 14.1. The Balaban J connectivity index is 2.06. The topological polar surface area (TPSA) is 12.4 Å². The number of hydrogen-bond donors (Lipinski definition) is 0. The third kappa shape index (κ3) is 2.52. The van der Waals surface area contributed by atoms with E-state index in [9.17, 15) is 0 Å². The molecule has 1 aliphatic heterocycles. The fraction of sp³-hybridized carbons (Fsp3) is 0.188. The Bertz CT molecular complexity index is 666. The monoisotopic (exact) mass is 367 g/mol. The molecule has 4 heteroatoms. The van der Waals surface area contributed by atoms with E-state index in [0.29, 0.717) is 5.17 Å². The molecule has 0 aliphatic carbocycles. The van der Waals surface area contributed by atoms with Crippen molar-refractivity contribution in [3.63, 3.8) is 0 Å². The van der Waals surface area contributed by atoms with Crippen molar-refractivity contribution in [2.24, 2.45) is 4.99 Å². The van der Waals surface area contributed by atoms with Crippen LogP contribution in [-0.2, 0) is 11.3 Å². The summed E-state index contributed by atoms with van der Waals surface area (Å²) < 4.78 is 1.02. The summed E-state index contributed by atoms with van der Waals surface area (Å²) in [5.74, 6) is 0. The number of hydrogen-bond acceptors (Lipinski definition) is 1. The molecular formula is C16H12BrCl2N. The van der Waals surface area contributed by atoms with Crippen molar-refractivity contribution in [1.82, 2.24) is 0 Å². The zero-order chi connectivity index (χ0) is 14.2. The van der Waals surface area contributed by atoms with Crippen LogP contribution >= 0.6 is 39.1 Å². The number of aryl methyl sites for hydroxylation is 1. The van der Waals surface area contributed by atoms with Crippen LogP contribution in [-0.4, -0.2) is 5.17 Å². The standard InChI is InChI=1S/C16H12BrCl2N/c17-13-7-5-12(6-8-13)16(19)10-9-11-3-1-2-4-14(11)20-15(16)18/h1-8H,9-10H2. The van der Waals surface area contributed by atoms with Crippen LogP contribution in [0.25, 0.3) is 0 Å². The first-order chi connectivity index (χ1) is 9.59. The first-order valence-corrected chi connectivity index (χ1v) is 7.92. The molecule has 1 atom stereocenters. The van der Waals surface area contributed by atoms with Gasteiger partial charge in [-0.25, -0.2) is 4.99 Å². The predicted molar refractivity (Wildman–Crippen MR) is 89.4 cm³/mol. The molecule has 0 N–H and O–H groups in total. The van der Waals surface area contributed by atoms with Crippen molar-refractivity contribution in [3.8, 4) is 0 Å². The zero-order valence-corrected chi connectivity index (χ0v) is 13.7. The average Bonchev–Trinajstić information content (AvgIpc) is 2.58. The van der Waals surface area contributed by atoms with E-state index in [4.69, 9.17) is 23.2 Å². The number of nitrogens with zero attached hydrogens (tertiary/aromatic N) is 1. The summed E-state index contributed by atoms with van der Waals surface area (Å²) in [4.78, 5) is 3.78. The van der Waals surface area contributed by atoms with Gasteiger partial charge < -0.3 is 0 Å². The molecule has 0 fully saturated rings. The second-order valence-corrected chi connectivity index (χ2v) is 6.76. The predicted octanol–water partition coefficient (Wildman–Crippen LogP) is 5.80. The quantitative estimate of drug-likeness (QED) is 0.564. The minimum Gasteiger partial charge on any atom is -0.239 e. The van der Waals surface area contributed by atoms with E-state index in [1.807, 2.05) is 42.5 Å². The van der Waals surface area contributed by atoms with E-state index in [2.05, 4.69) is 27.0 Å². The number of aliphatic imine (C=N–C) groups is 1. The van der Waals surface area contributed by atoms with Gasteiger partial charge in [-0.1, -0.05) is 57.9 Å². The van der Waals surface area contributed by atoms with Crippen molar-refractivity contribution in [2.75, 3.05) is 0 Å². The van der Waals surface area contributed by atoms with Gasteiger partial charge in [0, 0.05) is 4.47 Å². The second-order valence-electron chi connectivity index (χ2n) is 4.84. The van der Waals surface area contributed by atoms with Crippen LogP contribution in [0.5, 0.6) is 0 Å². The molecule has 1 heterocycles. The van der Waals surface area contributed by atoms with Gasteiger partial charge in [-0.15, -0.1) is 11.6 Å². The van der Waals surface area contributed by atoms with Gasteiger partial charge in [-0.2, -0.15) is 0 Å². The van der Waals surface area contributed by atoms with Crippen LogP contribution in [0.3, 0.4) is 0 Å². The van der Waals surface area contributed by atoms with Crippen LogP contribution in [0.2, 0.25) is 0 Å². The van der Waals surface area contributed by atoms with Crippen molar-refractivity contribution in [3.05, 3.63) is 64.1 Å². The number of halogens is 3. The van der Waals surface area contributed by atoms with Gasteiger partial charge in [0.05, 0.1) is 5.69 Å². The smallest absolute Gasteiger partial charge is 0.132 e. The fourth-order valence-electron chi connectivity index (χ4n) is 2.41. The molecule has 0 bridgehead atoms. The molecule has 0 spiro atoms. The highest BCUT2D eigenvalue weighted by Gasteiger charge is 2.36. The fourth-order valence-corrected chi connectivity index (χ4v) is 3.23. The second kappa shape index (κ2) is 5.51. The van der Waals surface area contributed by atoms with Gasteiger partial charge in [0.25, 0.3) is 0 Å². The summed E-state index contributed by atoms with van der Waals surface area (Å²) in [6.07, 6.45) is 1.59. The highest BCUT2D eigenvalue weighted by molar-refractivity contribution is 9.10. The lowest BCUT2D eigenvalue weighted by atomic mass is 9.93. The number of alkyl halides is 1. The summed E-state index contributed by atoms with van der Waals surface area (Å²) in [5, 5.41) is 0.437. The molecule has 1 aliphatic rings. The number of benzene rings is 2. The van der Waals surface area contributed by atoms with Gasteiger partial charge >= 0.3 is 0 Å². The maximum absolute atomic E-state index is 6.82. The van der Waals surface area contributed by atoms with E-state index < -0.39 is 4.87 Å². The van der Waals surface area contributed by atoms with Crippen LogP contribution in [0, 0.1) is 0 Å². The molecule has 0 saturated carbocycles. The van der Waals surface area contributed by atoms with Gasteiger partial charge in [0.2, 0.25) is 0 Å². The Labute approximate surface area is 136 Å². The van der Waals surface area contributed by atoms with Gasteiger partial charge in [-0.05, 0) is 42.2 Å². The van der Waals surface area contributed by atoms with Crippen LogP contribution in [0.4, 0.5) is 5.69 Å². The third-order valence-corrected chi connectivity index (χ3v) is 5.20. The van der Waals surface area contributed by atoms with Crippen molar-refractivity contribution in [2.45, 2.75) is 17.7 Å². The summed E-state index contributed by atoms with van der Waals surface area (Å²) in [7, 11) is 0. The summed E-state index contributed by atoms with van der Waals surface area (Å²) >= 11 is 16.7. The van der Waals surface area contributed by atoms with Crippen molar-refractivity contribution < 1.29 is 0 Å². The maximum atomic E-state index is 6.82. The highest BCUT2D eigenvalue weighted by Crippen LogP contribution is 2.42. The molecule has 3 rings (SSSR count). The maximum Gasteiger partial charge on any atom is 0.132 e. The van der Waals surface area contributed by atoms with E-state index in [0.717, 1.165) is 28.6 Å². The number of rotatable bonds is 1. The first-order valence-electron chi connectivity index (χ1n) is 6.37. The largest absolute Gasteiger partial charge is 0.239 e. The average molecular weight is 369 g/mol. The highest BCUT2D eigenvalue weighted by atomic mass is 79.9. The molecule has 0 saturated heterocycles. The molecule has 20 heavy (non-hydrogen) atoms. The lowest BCUT2D eigenvalue weighted by molar-refractivity contribution is 0.717. The Kier molecular flexibility index (Phi) is 3.89. The van der Waals surface area contributed by atoms with Gasteiger partial charge in [-0.3, -0.25) is 0 Å². The molecule has 2 aromatic rings. The van der Waals surface area contributed by atoms with E-state index in [1.54, 1.807) is 0 Å². The lowest BCUT2D eigenvalue weighted by Gasteiger charge is -2.24. The third-order valence-electron chi connectivity index (χ3n) is 3.58. The minimum atomic E-state index is -0.749. The van der Waals surface area contributed by atoms with Crippen molar-refractivity contribution >= 4 is 50.0 Å². The van der Waals surface area contributed by atoms with Crippen molar-refractivity contribution in [1.29, 1.82) is 0 Å². The molecular weight excluding hydrogens is 357 g/mol. The summed E-state index contributed by atoms with van der Waals surface area (Å²) in [6.45, 7) is 0. The molecule has 0 amide bonds.